The van der Waals surface area contributed by atoms with Crippen LogP contribution in [-0.2, 0) is 11.3 Å². The molecule has 3 nitrogen and oxygen atoms in total. The van der Waals surface area contributed by atoms with E-state index in [-0.39, 0.29) is 5.56 Å². The molecular formula is C12H15NO2S. The van der Waals surface area contributed by atoms with Gasteiger partial charge in [-0.3, -0.25) is 4.79 Å². The molecule has 2 heterocycles. The highest BCUT2D eigenvalue weighted by Crippen LogP contribution is 2.16. The molecule has 0 N–H and O–H groups in total. The summed E-state index contributed by atoms with van der Waals surface area (Å²) in [6.45, 7) is 4.15. The van der Waals surface area contributed by atoms with E-state index in [1.165, 1.54) is 0 Å². The Morgan fingerprint density at radius 1 is 1.44 bits per heavy atom. The average molecular weight is 237 g/mol. The molecule has 2 aromatic rings. The van der Waals surface area contributed by atoms with E-state index >= 15 is 0 Å². The maximum atomic E-state index is 12.0. The maximum Gasteiger partial charge on any atom is 0.259 e. The number of aryl methyl sites for hydroxylation is 1. The van der Waals surface area contributed by atoms with Crippen LogP contribution < -0.4 is 5.56 Å². The van der Waals surface area contributed by atoms with Crippen LogP contribution in [-0.4, -0.2) is 17.8 Å². The van der Waals surface area contributed by atoms with Crippen LogP contribution in [0.25, 0.3) is 10.1 Å². The Labute approximate surface area is 98.3 Å². The lowest BCUT2D eigenvalue weighted by Gasteiger charge is -2.05. The van der Waals surface area contributed by atoms with Crippen LogP contribution in [0.15, 0.2) is 28.5 Å². The van der Waals surface area contributed by atoms with Crippen molar-refractivity contribution in [3.63, 3.8) is 0 Å². The highest BCUT2D eigenvalue weighted by atomic mass is 32.1. The van der Waals surface area contributed by atoms with E-state index in [9.17, 15) is 4.79 Å². The van der Waals surface area contributed by atoms with Crippen LogP contribution in [0.2, 0.25) is 0 Å². The van der Waals surface area contributed by atoms with Crippen molar-refractivity contribution in [3.8, 4) is 0 Å². The first-order valence-electron chi connectivity index (χ1n) is 5.47. The minimum Gasteiger partial charge on any atom is -0.382 e. The lowest BCUT2D eigenvalue weighted by molar-refractivity contribution is 0.141. The van der Waals surface area contributed by atoms with Gasteiger partial charge in [0.25, 0.3) is 5.56 Å². The second-order valence-corrected chi connectivity index (χ2v) is 4.51. The third kappa shape index (κ3) is 2.33. The Morgan fingerprint density at radius 3 is 3.12 bits per heavy atom. The molecule has 0 atom stereocenters. The Bertz CT molecular complexity index is 515. The number of rotatable bonds is 5. The predicted octanol–water partition coefficient (Wildman–Crippen LogP) is 2.49. The van der Waals surface area contributed by atoms with Crippen molar-refractivity contribution >= 4 is 21.4 Å². The van der Waals surface area contributed by atoms with E-state index in [2.05, 4.69) is 0 Å². The number of fused-ring (bicyclic) bond motifs is 1. The third-order valence-electron chi connectivity index (χ3n) is 2.48. The lowest BCUT2D eigenvalue weighted by Crippen LogP contribution is -2.19. The number of ether oxygens (including phenoxy) is 1. The van der Waals surface area contributed by atoms with Gasteiger partial charge in [-0.05, 0) is 30.9 Å². The summed E-state index contributed by atoms with van der Waals surface area (Å²) in [5.41, 5.74) is 0.107. The lowest BCUT2D eigenvalue weighted by atomic mass is 10.3. The van der Waals surface area contributed by atoms with Crippen molar-refractivity contribution in [1.29, 1.82) is 0 Å². The van der Waals surface area contributed by atoms with Gasteiger partial charge < -0.3 is 9.30 Å². The van der Waals surface area contributed by atoms with Gasteiger partial charge in [0.15, 0.2) is 0 Å². The summed E-state index contributed by atoms with van der Waals surface area (Å²) < 4.78 is 8.07. The second kappa shape index (κ2) is 5.27. The van der Waals surface area contributed by atoms with E-state index in [1.807, 2.05) is 30.6 Å². The molecule has 0 saturated heterocycles. The minimum absolute atomic E-state index is 0.107. The van der Waals surface area contributed by atoms with Crippen LogP contribution in [0.5, 0.6) is 0 Å². The average Bonchev–Trinajstić information content (AvgIpc) is 2.76. The van der Waals surface area contributed by atoms with Crippen LogP contribution in [0.1, 0.15) is 13.3 Å². The van der Waals surface area contributed by atoms with Gasteiger partial charge in [0.2, 0.25) is 0 Å². The second-order valence-electron chi connectivity index (χ2n) is 3.56. The molecule has 0 aliphatic rings. The largest absolute Gasteiger partial charge is 0.382 e. The first kappa shape index (κ1) is 11.4. The first-order valence-corrected chi connectivity index (χ1v) is 6.35. The predicted molar refractivity (Wildman–Crippen MR) is 67.2 cm³/mol. The number of hydrogen-bond acceptors (Lipinski definition) is 3. The maximum absolute atomic E-state index is 12.0. The van der Waals surface area contributed by atoms with Gasteiger partial charge >= 0.3 is 0 Å². The van der Waals surface area contributed by atoms with Crippen LogP contribution in [0.3, 0.4) is 0 Å². The standard InChI is InChI=1S/C12H15NO2S/c1-2-15-8-3-6-13-7-4-11-10(12(13)14)5-9-16-11/h4-5,7,9H,2-3,6,8H2,1H3. The van der Waals surface area contributed by atoms with Gasteiger partial charge in [-0.1, -0.05) is 0 Å². The summed E-state index contributed by atoms with van der Waals surface area (Å²) in [7, 11) is 0. The molecule has 0 unspecified atom stereocenters. The molecule has 0 aliphatic heterocycles. The fourth-order valence-corrected chi connectivity index (χ4v) is 2.44. The number of aromatic nitrogens is 1. The summed E-state index contributed by atoms with van der Waals surface area (Å²) in [4.78, 5) is 12.0. The minimum atomic E-state index is 0.107. The Kier molecular flexibility index (Phi) is 3.74. The molecule has 16 heavy (non-hydrogen) atoms. The number of nitrogens with zero attached hydrogens (tertiary/aromatic N) is 1. The third-order valence-corrected chi connectivity index (χ3v) is 3.37. The van der Waals surface area contributed by atoms with Crippen molar-refractivity contribution in [2.75, 3.05) is 13.2 Å². The molecule has 0 bridgehead atoms. The molecular weight excluding hydrogens is 222 g/mol. The quantitative estimate of drug-likeness (QED) is 0.748. The van der Waals surface area contributed by atoms with Crippen LogP contribution in [0.4, 0.5) is 0 Å². The smallest absolute Gasteiger partial charge is 0.259 e. The summed E-state index contributed by atoms with van der Waals surface area (Å²) in [5.74, 6) is 0. The van der Waals surface area contributed by atoms with Gasteiger partial charge in [-0.25, -0.2) is 0 Å². The Hall–Kier alpha value is -1.13. The fraction of sp³-hybridized carbons (Fsp3) is 0.417. The Morgan fingerprint density at radius 2 is 2.31 bits per heavy atom. The van der Waals surface area contributed by atoms with Gasteiger partial charge in [0.1, 0.15) is 0 Å². The molecule has 0 saturated carbocycles. The number of thiophene rings is 1. The van der Waals surface area contributed by atoms with Crippen molar-refractivity contribution in [2.24, 2.45) is 0 Å². The molecule has 2 rings (SSSR count). The van der Waals surface area contributed by atoms with Crippen molar-refractivity contribution in [3.05, 3.63) is 34.1 Å². The molecule has 2 aromatic heterocycles. The fourth-order valence-electron chi connectivity index (χ4n) is 1.66. The molecule has 0 amide bonds. The van der Waals surface area contributed by atoms with E-state index < -0.39 is 0 Å². The molecule has 86 valence electrons. The van der Waals surface area contributed by atoms with Crippen molar-refractivity contribution < 1.29 is 4.74 Å². The monoisotopic (exact) mass is 237 g/mol. The summed E-state index contributed by atoms with van der Waals surface area (Å²) in [6.07, 6.45) is 2.75. The normalized spacial score (nSPS) is 11.1. The molecule has 4 heteroatoms. The summed E-state index contributed by atoms with van der Waals surface area (Å²) in [6, 6.07) is 3.89. The summed E-state index contributed by atoms with van der Waals surface area (Å²) in [5, 5.41) is 2.78. The number of hydrogen-bond donors (Lipinski definition) is 0. The van der Waals surface area contributed by atoms with Crippen LogP contribution in [0, 0.1) is 0 Å². The van der Waals surface area contributed by atoms with Gasteiger partial charge in [-0.15, -0.1) is 11.3 Å². The summed E-state index contributed by atoms with van der Waals surface area (Å²) >= 11 is 1.60. The van der Waals surface area contributed by atoms with Crippen molar-refractivity contribution in [2.45, 2.75) is 19.9 Å². The van der Waals surface area contributed by atoms with E-state index in [0.29, 0.717) is 6.61 Å². The molecule has 0 radical (unpaired) electrons. The van der Waals surface area contributed by atoms with Gasteiger partial charge in [0, 0.05) is 30.7 Å². The first-order chi connectivity index (χ1) is 7.83. The van der Waals surface area contributed by atoms with E-state index in [4.69, 9.17) is 4.74 Å². The Balaban J connectivity index is 2.12. The SMILES string of the molecule is CCOCCCn1ccc2sccc2c1=O. The number of pyridine rings is 1. The zero-order valence-corrected chi connectivity index (χ0v) is 10.1. The van der Waals surface area contributed by atoms with Crippen molar-refractivity contribution in [1.82, 2.24) is 4.57 Å². The molecule has 0 aliphatic carbocycles. The van der Waals surface area contributed by atoms with Crippen LogP contribution >= 0.6 is 11.3 Å². The van der Waals surface area contributed by atoms with Gasteiger partial charge in [-0.2, -0.15) is 0 Å². The zero-order valence-electron chi connectivity index (χ0n) is 9.31. The van der Waals surface area contributed by atoms with E-state index in [0.717, 1.165) is 29.7 Å². The molecule has 0 fully saturated rings. The van der Waals surface area contributed by atoms with Gasteiger partial charge in [0.05, 0.1) is 5.39 Å². The topological polar surface area (TPSA) is 31.2 Å². The highest BCUT2D eigenvalue weighted by molar-refractivity contribution is 7.17. The zero-order chi connectivity index (χ0) is 11.4. The molecule has 0 aromatic carbocycles. The highest BCUT2D eigenvalue weighted by Gasteiger charge is 2.02. The molecule has 0 spiro atoms. The van der Waals surface area contributed by atoms with E-state index in [1.54, 1.807) is 15.9 Å².